The third kappa shape index (κ3) is 15.5. The van der Waals surface area contributed by atoms with Gasteiger partial charge in [0.05, 0.1) is 18.7 Å². The maximum absolute atomic E-state index is 15.0. The molecule has 3 aliphatic heterocycles. The molecular formula is C50H62FN9O9S2. The number of pyridine rings is 1. The Bertz CT molecular complexity index is 2420. The Balaban J connectivity index is 0.713. The number of nitrogens with one attached hydrogen (secondary N) is 3. The normalized spacial score (nSPS) is 18.8. The SMILES string of the molecule is C/C(=N\NC(=O)CC(C)(C)SSCCC(=O)N1CCN(C2CCN(C(=O)NCc3ccc(NC(=O)C4CC4c4cccnc4)cc3F)CC2)CC1)c1ccc(OCCCC(=O)ON2C(=O)CCC2=O)cc1. The molecule has 1 aromatic heterocycles. The van der Waals surface area contributed by atoms with Gasteiger partial charge in [0.25, 0.3) is 11.8 Å². The van der Waals surface area contributed by atoms with E-state index in [1.54, 1.807) is 82.2 Å². The molecule has 3 N–H and O–H groups in total. The monoisotopic (exact) mass is 1020 g/mol. The Morgan fingerprint density at radius 3 is 2.34 bits per heavy atom. The number of carbonyl (C=O) groups excluding carboxylic acids is 7. The van der Waals surface area contributed by atoms with E-state index in [1.807, 2.05) is 30.9 Å². The molecule has 3 aromatic rings. The van der Waals surface area contributed by atoms with E-state index < -0.39 is 28.3 Å². The summed E-state index contributed by atoms with van der Waals surface area (Å²) in [6.45, 7) is 10.0. The highest BCUT2D eigenvalue weighted by molar-refractivity contribution is 8.77. The summed E-state index contributed by atoms with van der Waals surface area (Å²) in [6, 6.07) is 15.5. The summed E-state index contributed by atoms with van der Waals surface area (Å²) in [4.78, 5) is 102. The van der Waals surface area contributed by atoms with Crippen LogP contribution in [0.15, 0.2) is 72.1 Å². The summed E-state index contributed by atoms with van der Waals surface area (Å²) in [6.07, 6.45) is 6.84. The van der Waals surface area contributed by atoms with Crippen LogP contribution in [0.3, 0.4) is 0 Å². The number of amides is 7. The molecule has 1 aliphatic carbocycles. The fourth-order valence-electron chi connectivity index (χ4n) is 8.66. The van der Waals surface area contributed by atoms with Crippen molar-refractivity contribution >= 4 is 74.5 Å². The molecular weight excluding hydrogens is 954 g/mol. The molecule has 2 aromatic carbocycles. The average molecular weight is 1020 g/mol. The standard InChI is InChI=1S/C50H62FN9O9S2/c1-33(34-9-12-39(13-10-34)68-26-5-7-47(65)69-60-45(63)14-15-46(60)64)55-56-43(61)30-50(2,3)71-70-27-18-44(62)58-24-22-57(23-25-58)38-16-20-59(21-17-38)49(67)53-32-36-8-11-37(28-42(36)51)54-48(66)41-29-40(41)35-6-4-19-52-31-35/h4,6,8-13,19,28,31,38,40-41H,5,7,14-18,20-27,29-30,32H2,1-3H3,(H,53,67)(H,54,66)(H,56,61)/b55-33+. The van der Waals surface area contributed by atoms with Crippen molar-refractivity contribution in [2.24, 2.45) is 11.0 Å². The fourth-order valence-corrected chi connectivity index (χ4v) is 11.1. The van der Waals surface area contributed by atoms with Gasteiger partial charge in [-0.1, -0.05) is 33.7 Å². The highest BCUT2D eigenvalue weighted by atomic mass is 33.1. The van der Waals surface area contributed by atoms with Crippen LogP contribution in [-0.2, 0) is 40.1 Å². The summed E-state index contributed by atoms with van der Waals surface area (Å²) >= 11 is 0. The van der Waals surface area contributed by atoms with Crippen LogP contribution < -0.4 is 20.8 Å². The second-order valence-electron chi connectivity index (χ2n) is 18.7. The summed E-state index contributed by atoms with van der Waals surface area (Å²) in [5, 5.41) is 10.5. The van der Waals surface area contributed by atoms with Gasteiger partial charge in [0.1, 0.15) is 11.6 Å². The molecule has 4 heterocycles. The number of piperidine rings is 1. The average Bonchev–Trinajstić information content (AvgIpc) is 4.12. The van der Waals surface area contributed by atoms with Crippen LogP contribution in [0.25, 0.3) is 0 Å². The van der Waals surface area contributed by atoms with Gasteiger partial charge in [0, 0.05) is 118 Å². The number of aromatic nitrogens is 1. The van der Waals surface area contributed by atoms with E-state index in [-0.39, 0.29) is 74.4 Å². The zero-order valence-corrected chi connectivity index (χ0v) is 42.0. The predicted molar refractivity (Wildman–Crippen MR) is 267 cm³/mol. The lowest BCUT2D eigenvalue weighted by molar-refractivity contribution is -0.197. The first-order valence-electron chi connectivity index (χ1n) is 24.1. The molecule has 71 heavy (non-hydrogen) atoms. The molecule has 7 rings (SSSR count). The molecule has 0 bridgehead atoms. The van der Waals surface area contributed by atoms with Crippen molar-refractivity contribution in [2.45, 2.75) is 102 Å². The summed E-state index contributed by atoms with van der Waals surface area (Å²) in [5.74, 6) is -1.33. The fraction of sp³-hybridized carbons (Fsp3) is 0.500. The van der Waals surface area contributed by atoms with Gasteiger partial charge in [-0.15, -0.1) is 5.06 Å². The molecule has 2 unspecified atom stereocenters. The van der Waals surface area contributed by atoms with E-state index in [2.05, 4.69) is 31.0 Å². The molecule has 4 aliphatic rings. The number of halogens is 1. The number of rotatable bonds is 21. The maximum atomic E-state index is 15.0. The highest BCUT2D eigenvalue weighted by Crippen LogP contribution is 2.47. The van der Waals surface area contributed by atoms with Gasteiger partial charge in [-0.25, -0.2) is 19.4 Å². The molecule has 3 saturated heterocycles. The number of hydrazone groups is 1. The topological polar surface area (TPSA) is 212 Å². The lowest BCUT2D eigenvalue weighted by Crippen LogP contribution is -2.55. The number of imide groups is 1. The lowest BCUT2D eigenvalue weighted by atomic mass is 10.0. The molecule has 21 heteroatoms. The summed E-state index contributed by atoms with van der Waals surface area (Å²) in [7, 11) is 3.14. The minimum absolute atomic E-state index is 0.0171. The van der Waals surface area contributed by atoms with E-state index >= 15 is 4.39 Å². The van der Waals surface area contributed by atoms with Crippen LogP contribution in [0.1, 0.15) is 101 Å². The number of piperazine rings is 1. The first kappa shape index (κ1) is 52.8. The number of benzene rings is 2. The molecule has 380 valence electrons. The largest absolute Gasteiger partial charge is 0.494 e. The quantitative estimate of drug-likeness (QED) is 0.0367. The number of urea groups is 1. The van der Waals surface area contributed by atoms with Gasteiger partial charge >= 0.3 is 12.0 Å². The number of likely N-dealkylation sites (tertiary alicyclic amines) is 1. The van der Waals surface area contributed by atoms with Gasteiger partial charge in [0.2, 0.25) is 17.7 Å². The minimum atomic E-state index is -0.678. The molecule has 2 atom stereocenters. The Morgan fingerprint density at radius 1 is 0.915 bits per heavy atom. The number of carbonyl (C=O) groups is 7. The van der Waals surface area contributed by atoms with Gasteiger partial charge in [-0.3, -0.25) is 33.9 Å². The van der Waals surface area contributed by atoms with Crippen LogP contribution in [0.5, 0.6) is 5.75 Å². The van der Waals surface area contributed by atoms with Gasteiger partial charge < -0.3 is 30.0 Å². The first-order chi connectivity index (χ1) is 34.1. The minimum Gasteiger partial charge on any atom is -0.494 e. The van der Waals surface area contributed by atoms with E-state index in [1.165, 1.54) is 6.07 Å². The number of hydrogen-bond donors (Lipinski definition) is 3. The van der Waals surface area contributed by atoms with Crippen LogP contribution in [-0.4, -0.2) is 134 Å². The van der Waals surface area contributed by atoms with Crippen LogP contribution in [0.2, 0.25) is 0 Å². The van der Waals surface area contributed by atoms with Crippen molar-refractivity contribution in [3.8, 4) is 5.75 Å². The van der Waals surface area contributed by atoms with Crippen molar-refractivity contribution in [3.05, 3.63) is 89.5 Å². The van der Waals surface area contributed by atoms with E-state index in [0.29, 0.717) is 78.6 Å². The smallest absolute Gasteiger partial charge is 0.333 e. The second-order valence-corrected chi connectivity index (χ2v) is 21.8. The van der Waals surface area contributed by atoms with Crippen molar-refractivity contribution in [3.63, 3.8) is 0 Å². The molecule has 1 saturated carbocycles. The zero-order valence-electron chi connectivity index (χ0n) is 40.4. The number of ether oxygens (including phenoxy) is 1. The van der Waals surface area contributed by atoms with E-state index in [4.69, 9.17) is 9.57 Å². The van der Waals surface area contributed by atoms with Crippen LogP contribution >= 0.6 is 21.6 Å². The van der Waals surface area contributed by atoms with E-state index in [9.17, 15) is 33.6 Å². The molecule has 7 amide bonds. The Kier molecular flexibility index (Phi) is 18.5. The van der Waals surface area contributed by atoms with Gasteiger partial charge in [-0.05, 0) is 106 Å². The molecule has 0 spiro atoms. The first-order valence-corrected chi connectivity index (χ1v) is 26.4. The summed E-state index contributed by atoms with van der Waals surface area (Å²) < 4.78 is 20.3. The predicted octanol–water partition coefficient (Wildman–Crippen LogP) is 6.03. The van der Waals surface area contributed by atoms with Crippen molar-refractivity contribution in [2.75, 3.05) is 56.9 Å². The number of hydroxylamine groups is 2. The van der Waals surface area contributed by atoms with E-state index in [0.717, 1.165) is 43.5 Å². The van der Waals surface area contributed by atoms with Crippen molar-refractivity contribution in [1.29, 1.82) is 0 Å². The van der Waals surface area contributed by atoms with Gasteiger partial charge in [-0.2, -0.15) is 5.10 Å². The summed E-state index contributed by atoms with van der Waals surface area (Å²) in [5.41, 5.74) is 5.77. The van der Waals surface area contributed by atoms with Crippen LogP contribution in [0, 0.1) is 11.7 Å². The molecule has 0 radical (unpaired) electrons. The second kappa shape index (κ2) is 24.9. The molecule has 4 fully saturated rings. The Morgan fingerprint density at radius 2 is 1.65 bits per heavy atom. The third-order valence-corrected chi connectivity index (χ3v) is 16.1. The Hall–Kier alpha value is -6.06. The van der Waals surface area contributed by atoms with Crippen LogP contribution in [0.4, 0.5) is 14.9 Å². The molecule has 18 nitrogen and oxygen atoms in total. The zero-order chi connectivity index (χ0) is 50.5. The number of anilines is 1. The van der Waals surface area contributed by atoms with Crippen molar-refractivity contribution in [1.82, 2.24) is 35.5 Å². The number of hydrogen-bond acceptors (Lipinski definition) is 14. The van der Waals surface area contributed by atoms with Crippen molar-refractivity contribution < 1.29 is 47.5 Å². The Labute approximate surface area is 420 Å². The lowest BCUT2D eigenvalue weighted by Gasteiger charge is -2.42. The highest BCUT2D eigenvalue weighted by Gasteiger charge is 2.44. The third-order valence-electron chi connectivity index (χ3n) is 12.8. The van der Waals surface area contributed by atoms with Gasteiger partial charge in [0.15, 0.2) is 0 Å². The maximum Gasteiger partial charge on any atom is 0.333 e. The number of nitrogens with zero attached hydrogens (tertiary/aromatic N) is 6.